The number of esters is 3. The van der Waals surface area contributed by atoms with Crippen molar-refractivity contribution in [2.24, 2.45) is 0 Å². The van der Waals surface area contributed by atoms with Crippen LogP contribution in [0.5, 0.6) is 0 Å². The van der Waals surface area contributed by atoms with Crippen molar-refractivity contribution in [3.05, 3.63) is 134 Å². The van der Waals surface area contributed by atoms with E-state index in [2.05, 4.69) is 154 Å². The van der Waals surface area contributed by atoms with Crippen LogP contribution >= 0.6 is 15.6 Å². The number of allylic oxidation sites excluding steroid dienone is 22. The third kappa shape index (κ3) is 82.5. The van der Waals surface area contributed by atoms with E-state index in [1.165, 1.54) is 154 Å². The highest BCUT2D eigenvalue weighted by atomic mass is 31.2. The number of carbonyl (C=O) groups excluding carboxylic acids is 3. The molecule has 5 unspecified atom stereocenters. The van der Waals surface area contributed by atoms with Crippen LogP contribution in [0.4, 0.5) is 0 Å². The van der Waals surface area contributed by atoms with Gasteiger partial charge in [0, 0.05) is 19.3 Å². The number of ether oxygens (including phenoxy) is 3. The van der Waals surface area contributed by atoms with Crippen LogP contribution in [-0.2, 0) is 55.8 Å². The molecule has 616 valence electrons. The van der Waals surface area contributed by atoms with E-state index in [4.69, 9.17) is 32.3 Å². The van der Waals surface area contributed by atoms with Gasteiger partial charge in [-0.05, 0) is 141 Å². The first-order chi connectivity index (χ1) is 52.2. The molecule has 0 heterocycles. The molecule has 5 atom stereocenters. The zero-order valence-corrected chi connectivity index (χ0v) is 69.3. The Bertz CT molecular complexity index is 2480. The lowest BCUT2D eigenvalue weighted by molar-refractivity contribution is -0.161. The van der Waals surface area contributed by atoms with E-state index in [1.807, 2.05) is 0 Å². The number of aliphatic hydroxyl groups is 2. The zero-order valence-electron chi connectivity index (χ0n) is 67.5. The van der Waals surface area contributed by atoms with Crippen LogP contribution in [0.1, 0.15) is 355 Å². The first-order valence-electron chi connectivity index (χ1n) is 42.5. The lowest BCUT2D eigenvalue weighted by Crippen LogP contribution is -2.30. The summed E-state index contributed by atoms with van der Waals surface area (Å²) < 4.78 is 61.2. The van der Waals surface area contributed by atoms with Crippen molar-refractivity contribution in [3.8, 4) is 0 Å². The van der Waals surface area contributed by atoms with Crippen LogP contribution in [0.25, 0.3) is 0 Å². The number of phosphoric acid groups is 2. The van der Waals surface area contributed by atoms with Crippen molar-refractivity contribution in [2.45, 2.75) is 373 Å². The van der Waals surface area contributed by atoms with Gasteiger partial charge in [0.25, 0.3) is 0 Å². The van der Waals surface area contributed by atoms with Gasteiger partial charge < -0.3 is 34.2 Å². The maximum Gasteiger partial charge on any atom is 0.472 e. The van der Waals surface area contributed by atoms with Gasteiger partial charge in [0.05, 0.1) is 26.4 Å². The Labute approximate surface area is 652 Å². The minimum atomic E-state index is -4.94. The largest absolute Gasteiger partial charge is 0.472 e. The molecule has 0 bridgehead atoms. The van der Waals surface area contributed by atoms with Crippen LogP contribution in [0.2, 0.25) is 0 Å². The predicted octanol–water partition coefficient (Wildman–Crippen LogP) is 25.4. The number of phosphoric ester groups is 2. The molecule has 0 aliphatic heterocycles. The molecule has 0 aliphatic rings. The van der Waals surface area contributed by atoms with Crippen molar-refractivity contribution >= 4 is 33.6 Å². The Balaban J connectivity index is 4.43. The van der Waals surface area contributed by atoms with E-state index < -0.39 is 91.5 Å². The van der Waals surface area contributed by atoms with Gasteiger partial charge in [0.1, 0.15) is 25.4 Å². The van der Waals surface area contributed by atoms with E-state index in [1.54, 1.807) is 0 Å². The molecule has 0 aromatic carbocycles. The summed E-state index contributed by atoms with van der Waals surface area (Å²) in [5.41, 5.74) is 0. The summed E-state index contributed by atoms with van der Waals surface area (Å²) in [5.74, 6) is -1.61. The summed E-state index contributed by atoms with van der Waals surface area (Å²) in [6.07, 6.45) is 99.5. The number of carbonyl (C=O) groups is 3. The van der Waals surface area contributed by atoms with Crippen LogP contribution < -0.4 is 0 Å². The Hall–Kier alpha value is -4.31. The summed E-state index contributed by atoms with van der Waals surface area (Å²) in [4.78, 5) is 58.7. The molecule has 0 fully saturated rings. The Morgan fingerprint density at radius 3 is 0.785 bits per heavy atom. The average Bonchev–Trinajstić information content (AvgIpc) is 0.932. The van der Waals surface area contributed by atoms with Crippen molar-refractivity contribution < 1.29 is 75.8 Å². The minimum absolute atomic E-state index is 0.0781. The van der Waals surface area contributed by atoms with Crippen molar-refractivity contribution in [1.82, 2.24) is 0 Å². The van der Waals surface area contributed by atoms with E-state index in [-0.39, 0.29) is 19.3 Å². The molecule has 0 rings (SSSR count). The Kier molecular flexibility index (Phi) is 77.9. The summed E-state index contributed by atoms with van der Waals surface area (Å²) >= 11 is 0. The monoisotopic (exact) mass is 1540 g/mol. The van der Waals surface area contributed by atoms with Gasteiger partial charge in [-0.25, -0.2) is 9.13 Å². The number of hydrogen-bond acceptors (Lipinski definition) is 14. The molecule has 0 radical (unpaired) electrons. The molecule has 0 aromatic rings. The molecule has 0 amide bonds. The highest BCUT2D eigenvalue weighted by Crippen LogP contribution is 2.45. The van der Waals surface area contributed by atoms with Crippen LogP contribution in [-0.4, -0.2) is 95.9 Å². The molecular formula is C89H154O16P2. The van der Waals surface area contributed by atoms with Crippen molar-refractivity contribution in [1.29, 1.82) is 0 Å². The van der Waals surface area contributed by atoms with E-state index in [0.717, 1.165) is 141 Å². The molecule has 0 aromatic heterocycles. The lowest BCUT2D eigenvalue weighted by Gasteiger charge is -2.21. The fraction of sp³-hybridized carbons (Fsp3) is 0.719. The molecule has 0 saturated heterocycles. The highest BCUT2D eigenvalue weighted by Gasteiger charge is 2.29. The Morgan fingerprint density at radius 2 is 0.495 bits per heavy atom. The minimum Gasteiger partial charge on any atom is -0.463 e. The highest BCUT2D eigenvalue weighted by molar-refractivity contribution is 7.47. The molecule has 107 heavy (non-hydrogen) atoms. The van der Waals surface area contributed by atoms with Gasteiger partial charge in [0.15, 0.2) is 6.10 Å². The van der Waals surface area contributed by atoms with Gasteiger partial charge in [0.2, 0.25) is 0 Å². The van der Waals surface area contributed by atoms with Crippen LogP contribution in [0.15, 0.2) is 134 Å². The van der Waals surface area contributed by atoms with Crippen LogP contribution in [0, 0.1) is 0 Å². The second kappa shape index (κ2) is 81.2. The third-order valence-electron chi connectivity index (χ3n) is 17.8. The Morgan fingerprint density at radius 1 is 0.271 bits per heavy atom. The van der Waals surface area contributed by atoms with E-state index in [0.29, 0.717) is 19.3 Å². The summed E-state index contributed by atoms with van der Waals surface area (Å²) in [5, 5.41) is 20.7. The number of hydrogen-bond donors (Lipinski definition) is 4. The summed E-state index contributed by atoms with van der Waals surface area (Å²) in [7, 11) is -9.80. The van der Waals surface area contributed by atoms with Gasteiger partial charge in [-0.2, -0.15) is 0 Å². The third-order valence-corrected chi connectivity index (χ3v) is 19.7. The average molecular weight is 1540 g/mol. The smallest absolute Gasteiger partial charge is 0.463 e. The standard InChI is InChI=1S/C89H154O16P2/c1-4-7-10-13-16-19-22-25-28-30-32-34-35-36-37-38-39-40-41-42-43-44-45-46-47-49-51-52-55-57-60-63-66-69-72-75-87(92)99-78-84(90)79-101-106(95,96)102-80-85(91)81-103-107(97,98)104-83-86(105-89(94)77-74-71-68-65-62-59-54-27-24-21-18-15-12-9-6-3)82-100-88(93)76-73-70-67-64-61-58-56-53-50-48-33-31-29-26-23-20-17-14-11-8-5-2/h9,12,16-21,25-29,32-34,36-37,48,53-54,56,84-86,90-91H,4-8,10-11,13-15,22-24,30-31,35,38-47,49-52,55,57-83H2,1-3H3,(H,95,96)(H,97,98)/b12-9-,19-16-,20-17-,21-18-,28-25-,29-26-,34-32-,37-36-,48-33-,54-27-,56-53-. The fourth-order valence-corrected chi connectivity index (χ4v) is 13.0. The maximum atomic E-state index is 13.0. The molecule has 0 saturated carbocycles. The molecule has 0 spiro atoms. The second-order valence-corrected chi connectivity index (χ2v) is 31.2. The SMILES string of the molecule is CC/C=C\C/C=C\C/C=C\CCCCCCCC(=O)OC(COC(=O)CCCCCCC/C=C\C/C=C\C/C=C\C/C=C\CCCCC)COP(=O)(O)OCC(O)COP(=O)(O)OCC(O)COC(=O)CCCCCCCCCCCCCCCCCCCCC/C=C\C/C=C\C/C=C\C/C=C\CCCCC. The van der Waals surface area contributed by atoms with Gasteiger partial charge in [-0.1, -0.05) is 328 Å². The van der Waals surface area contributed by atoms with Gasteiger partial charge >= 0.3 is 33.6 Å². The maximum absolute atomic E-state index is 13.0. The van der Waals surface area contributed by atoms with Crippen molar-refractivity contribution in [3.63, 3.8) is 0 Å². The molecule has 16 nitrogen and oxygen atoms in total. The molecule has 4 N–H and O–H groups in total. The zero-order chi connectivity index (χ0) is 78.0. The normalized spacial score (nSPS) is 14.6. The van der Waals surface area contributed by atoms with E-state index in [9.17, 15) is 43.5 Å². The molecule has 18 heteroatoms. The topological polar surface area (TPSA) is 231 Å². The second-order valence-electron chi connectivity index (χ2n) is 28.2. The van der Waals surface area contributed by atoms with Gasteiger partial charge in [-0.3, -0.25) is 32.5 Å². The van der Waals surface area contributed by atoms with Crippen molar-refractivity contribution in [2.75, 3.05) is 39.6 Å². The number of rotatable bonds is 80. The quantitative estimate of drug-likeness (QED) is 0.0146. The first-order valence-corrected chi connectivity index (χ1v) is 45.5. The first kappa shape index (κ1) is 103. The summed E-state index contributed by atoms with van der Waals surface area (Å²) in [6, 6.07) is 0. The lowest BCUT2D eigenvalue weighted by atomic mass is 10.0. The molecular weight excluding hydrogens is 1390 g/mol. The fourth-order valence-electron chi connectivity index (χ4n) is 11.4. The number of unbranched alkanes of at least 4 members (excludes halogenated alkanes) is 35. The summed E-state index contributed by atoms with van der Waals surface area (Å²) in [6.45, 7) is 2.49. The van der Waals surface area contributed by atoms with Crippen LogP contribution in [0.3, 0.4) is 0 Å². The van der Waals surface area contributed by atoms with Gasteiger partial charge in [-0.15, -0.1) is 0 Å². The predicted molar refractivity (Wildman–Crippen MR) is 445 cm³/mol. The number of aliphatic hydroxyl groups excluding tert-OH is 2. The molecule has 0 aliphatic carbocycles. The van der Waals surface area contributed by atoms with E-state index >= 15 is 0 Å².